The monoisotopic (exact) mass is 510 g/mol. The van der Waals surface area contributed by atoms with E-state index in [0.29, 0.717) is 19.0 Å². The molecule has 38 heavy (non-hydrogen) atoms. The zero-order valence-electron chi connectivity index (χ0n) is 22.9. The average Bonchev–Trinajstić information content (AvgIpc) is 3.33. The van der Waals surface area contributed by atoms with Crippen LogP contribution in [0.3, 0.4) is 0 Å². The highest BCUT2D eigenvalue weighted by Gasteiger charge is 2.32. The largest absolute Gasteiger partial charge is 0.508 e. The van der Waals surface area contributed by atoms with Crippen LogP contribution in [0.15, 0.2) is 84.9 Å². The van der Waals surface area contributed by atoms with Crippen molar-refractivity contribution in [3.8, 4) is 5.75 Å². The second-order valence-electron chi connectivity index (χ2n) is 10.4. The molecule has 0 saturated carbocycles. The maximum Gasteiger partial charge on any atom is 0.234 e. The van der Waals surface area contributed by atoms with Gasteiger partial charge < -0.3 is 10.0 Å². The Morgan fingerprint density at radius 3 is 2.79 bits per heavy atom. The molecule has 198 valence electrons. The normalized spacial score (nSPS) is 15.6. The van der Waals surface area contributed by atoms with Crippen LogP contribution in [0.2, 0.25) is 0 Å². The fraction of sp³-hybridized carbons (Fsp3) is 0.344. The first-order valence-electron chi connectivity index (χ1n) is 13.3. The molecule has 1 unspecified atom stereocenters. The first-order valence-corrected chi connectivity index (χ1v) is 13.3. The van der Waals surface area contributed by atoms with Gasteiger partial charge in [-0.2, -0.15) is 5.10 Å². The lowest BCUT2D eigenvalue weighted by molar-refractivity contribution is -0.120. The molecule has 0 spiro atoms. The van der Waals surface area contributed by atoms with Crippen LogP contribution in [0.1, 0.15) is 74.8 Å². The van der Waals surface area contributed by atoms with Crippen molar-refractivity contribution in [1.82, 2.24) is 14.8 Å². The summed E-state index contributed by atoms with van der Waals surface area (Å²) in [5.74, 6) is 0.274. The van der Waals surface area contributed by atoms with Crippen molar-refractivity contribution in [2.45, 2.75) is 71.9 Å². The molecule has 1 aliphatic carbocycles. The van der Waals surface area contributed by atoms with E-state index in [-0.39, 0.29) is 17.6 Å². The van der Waals surface area contributed by atoms with E-state index in [2.05, 4.69) is 36.6 Å². The molecule has 3 aromatic rings. The summed E-state index contributed by atoms with van der Waals surface area (Å²) in [7, 11) is 0. The second-order valence-corrected chi connectivity index (χ2v) is 10.4. The van der Waals surface area contributed by atoms with E-state index in [1.165, 1.54) is 0 Å². The number of phenols is 1. The van der Waals surface area contributed by atoms with Crippen molar-refractivity contribution in [1.29, 1.82) is 0 Å². The molecule has 0 radical (unpaired) electrons. The van der Waals surface area contributed by atoms with Crippen LogP contribution in [0.4, 0.5) is 5.69 Å². The number of aromatic nitrogens is 3. The predicted octanol–water partition coefficient (Wildman–Crippen LogP) is 6.84. The van der Waals surface area contributed by atoms with Crippen molar-refractivity contribution < 1.29 is 9.90 Å². The lowest BCUT2D eigenvalue weighted by atomic mass is 9.81. The highest BCUT2D eigenvalue weighted by atomic mass is 16.3. The van der Waals surface area contributed by atoms with Crippen molar-refractivity contribution in [2.24, 2.45) is 0 Å². The Kier molecular flexibility index (Phi) is 8.62. The topological polar surface area (TPSA) is 71.2 Å². The molecular formula is C32H38N4O2. The number of rotatable bonds is 9. The van der Waals surface area contributed by atoms with Crippen LogP contribution in [0, 0.1) is 0 Å². The summed E-state index contributed by atoms with van der Waals surface area (Å²) in [5, 5.41) is 15.0. The average molecular weight is 511 g/mol. The summed E-state index contributed by atoms with van der Waals surface area (Å²) < 4.78 is 1.85. The first kappa shape index (κ1) is 27.1. The van der Waals surface area contributed by atoms with Gasteiger partial charge in [0, 0.05) is 17.5 Å². The Hall–Kier alpha value is -3.93. The standard InChI is InChI=1S/C32H38N4O2/c1-6-9-23(4)16-24(5)19-35-20-25(17-34-35)21-36(26-14-15-30(22(2)3)33-18-26)32(38)29-12-7-11-28-27(29)10-8-13-31(28)37/h6,8-10,13-18,20,22,29,37H,5,7,11-12,19,21H2,1-4H3/b9-6-,23-16-. The fourth-order valence-electron chi connectivity index (χ4n) is 5.11. The molecule has 0 saturated heterocycles. The number of aromatic hydroxyl groups is 1. The zero-order chi connectivity index (χ0) is 27.2. The van der Waals surface area contributed by atoms with Gasteiger partial charge in [0.1, 0.15) is 5.75 Å². The van der Waals surface area contributed by atoms with Crippen LogP contribution in [0.25, 0.3) is 0 Å². The van der Waals surface area contributed by atoms with E-state index in [9.17, 15) is 9.90 Å². The van der Waals surface area contributed by atoms with Gasteiger partial charge in [-0.1, -0.05) is 56.4 Å². The number of hydrogen-bond acceptors (Lipinski definition) is 4. The summed E-state index contributed by atoms with van der Waals surface area (Å²) in [6.45, 7) is 13.4. The number of carbonyl (C=O) groups is 1. The van der Waals surface area contributed by atoms with Gasteiger partial charge in [0.2, 0.25) is 5.91 Å². The van der Waals surface area contributed by atoms with E-state index in [0.717, 1.165) is 58.5 Å². The Morgan fingerprint density at radius 2 is 2.08 bits per heavy atom. The molecule has 1 N–H and O–H groups in total. The molecular weight excluding hydrogens is 472 g/mol. The van der Waals surface area contributed by atoms with Gasteiger partial charge in [0.15, 0.2) is 0 Å². The molecule has 0 fully saturated rings. The number of benzene rings is 1. The smallest absolute Gasteiger partial charge is 0.234 e. The van der Waals surface area contributed by atoms with E-state index in [4.69, 9.17) is 0 Å². The number of carbonyl (C=O) groups excluding carboxylic acids is 1. The number of pyridine rings is 1. The molecule has 1 amide bonds. The van der Waals surface area contributed by atoms with Gasteiger partial charge in [-0.25, -0.2) is 0 Å². The highest BCUT2D eigenvalue weighted by molar-refractivity contribution is 5.98. The molecule has 6 heteroatoms. The SMILES string of the molecule is C=C(/C=C(C)\C=C/C)Cn1cc(CN(C(=O)C2CCCc3c(O)cccc32)c2ccc(C(C)C)nc2)cn1. The minimum Gasteiger partial charge on any atom is -0.508 e. The van der Waals surface area contributed by atoms with Crippen LogP contribution in [-0.2, 0) is 24.3 Å². The van der Waals surface area contributed by atoms with E-state index < -0.39 is 0 Å². The van der Waals surface area contributed by atoms with Gasteiger partial charge in [0.05, 0.1) is 37.1 Å². The zero-order valence-corrected chi connectivity index (χ0v) is 22.9. The number of fused-ring (bicyclic) bond motifs is 1. The van der Waals surface area contributed by atoms with Crippen molar-refractivity contribution in [2.75, 3.05) is 4.90 Å². The van der Waals surface area contributed by atoms with Crippen LogP contribution in [0.5, 0.6) is 5.75 Å². The van der Waals surface area contributed by atoms with Gasteiger partial charge in [-0.3, -0.25) is 14.5 Å². The van der Waals surface area contributed by atoms with Gasteiger partial charge in [-0.05, 0) is 73.9 Å². The predicted molar refractivity (Wildman–Crippen MR) is 153 cm³/mol. The summed E-state index contributed by atoms with van der Waals surface area (Å²) in [6, 6.07) is 9.48. The number of anilines is 1. The number of allylic oxidation sites excluding steroid dienone is 5. The van der Waals surface area contributed by atoms with Crippen molar-refractivity contribution in [3.05, 3.63) is 107 Å². The maximum atomic E-state index is 14.1. The molecule has 1 atom stereocenters. The molecule has 2 heterocycles. The van der Waals surface area contributed by atoms with Crippen LogP contribution in [-0.4, -0.2) is 25.8 Å². The minimum absolute atomic E-state index is 0.0118. The number of phenolic OH excluding ortho intramolecular Hbond substituents is 1. The molecule has 1 aliphatic rings. The van der Waals surface area contributed by atoms with Crippen molar-refractivity contribution >= 4 is 11.6 Å². The third-order valence-electron chi connectivity index (χ3n) is 6.97. The van der Waals surface area contributed by atoms with Gasteiger partial charge in [-0.15, -0.1) is 0 Å². The maximum absolute atomic E-state index is 14.1. The van der Waals surface area contributed by atoms with Crippen molar-refractivity contribution in [3.63, 3.8) is 0 Å². The number of hydrogen-bond donors (Lipinski definition) is 1. The summed E-state index contributed by atoms with van der Waals surface area (Å²) in [5.41, 5.74) is 6.58. The van der Waals surface area contributed by atoms with E-state index >= 15 is 0 Å². The fourth-order valence-corrected chi connectivity index (χ4v) is 5.11. The molecule has 4 rings (SSSR count). The third kappa shape index (κ3) is 6.31. The van der Waals surface area contributed by atoms with Gasteiger partial charge in [0.25, 0.3) is 0 Å². The molecule has 0 bridgehead atoms. The van der Waals surface area contributed by atoms with Gasteiger partial charge >= 0.3 is 0 Å². The number of nitrogens with zero attached hydrogens (tertiary/aromatic N) is 4. The lowest BCUT2D eigenvalue weighted by Gasteiger charge is -2.31. The lowest BCUT2D eigenvalue weighted by Crippen LogP contribution is -2.36. The van der Waals surface area contributed by atoms with E-state index in [1.807, 2.05) is 72.2 Å². The number of amides is 1. The first-order chi connectivity index (χ1) is 18.3. The van der Waals surface area contributed by atoms with E-state index in [1.54, 1.807) is 12.3 Å². The molecule has 2 aromatic heterocycles. The quantitative estimate of drug-likeness (QED) is 0.320. The Bertz CT molecular complexity index is 1350. The summed E-state index contributed by atoms with van der Waals surface area (Å²) in [6.07, 6.45) is 14.1. The molecule has 0 aliphatic heterocycles. The Labute approximate surface area is 226 Å². The second kappa shape index (κ2) is 12.1. The van der Waals surface area contributed by atoms with Crippen LogP contribution < -0.4 is 4.90 Å². The Balaban J connectivity index is 1.61. The molecule has 1 aromatic carbocycles. The molecule has 6 nitrogen and oxygen atoms in total. The third-order valence-corrected chi connectivity index (χ3v) is 6.97. The highest BCUT2D eigenvalue weighted by Crippen LogP contribution is 2.38. The summed E-state index contributed by atoms with van der Waals surface area (Å²) >= 11 is 0. The Morgan fingerprint density at radius 1 is 1.26 bits per heavy atom. The van der Waals surface area contributed by atoms with Crippen LogP contribution >= 0.6 is 0 Å². The minimum atomic E-state index is -0.315. The summed E-state index contributed by atoms with van der Waals surface area (Å²) in [4.78, 5) is 20.6.